The minimum atomic E-state index is -0.956. The summed E-state index contributed by atoms with van der Waals surface area (Å²) in [5.41, 5.74) is 5.50. The number of carbonyl (C=O) groups excluding carboxylic acids is 1. The highest BCUT2D eigenvalue weighted by Crippen LogP contribution is 2.13. The molecule has 19 heavy (non-hydrogen) atoms. The fourth-order valence-corrected chi connectivity index (χ4v) is 1.79. The van der Waals surface area contributed by atoms with Gasteiger partial charge in [0, 0.05) is 17.7 Å². The highest BCUT2D eigenvalue weighted by molar-refractivity contribution is 5.92. The van der Waals surface area contributed by atoms with Crippen LogP contribution in [0.15, 0.2) is 18.2 Å². The zero-order chi connectivity index (χ0) is 14.4. The Balaban J connectivity index is 2.84. The van der Waals surface area contributed by atoms with Crippen LogP contribution in [0.25, 0.3) is 0 Å². The number of rotatable bonds is 7. The molecule has 0 aromatic heterocycles. The molecule has 0 atom stereocenters. The van der Waals surface area contributed by atoms with Gasteiger partial charge in [-0.05, 0) is 25.1 Å². The molecule has 0 aliphatic rings. The maximum Gasteiger partial charge on any atom is 0.317 e. The molecule has 5 nitrogen and oxygen atoms in total. The van der Waals surface area contributed by atoms with Gasteiger partial charge in [0.1, 0.15) is 5.82 Å². The summed E-state index contributed by atoms with van der Waals surface area (Å²) < 4.78 is 13.8. The Morgan fingerprint density at radius 3 is 2.58 bits per heavy atom. The molecule has 1 rings (SSSR count). The molecular formula is C13H17FN2O3. The molecule has 0 aliphatic carbocycles. The summed E-state index contributed by atoms with van der Waals surface area (Å²) in [5.74, 6) is -2.20. The van der Waals surface area contributed by atoms with Crippen molar-refractivity contribution < 1.29 is 19.1 Å². The first-order valence-corrected chi connectivity index (χ1v) is 5.96. The maximum absolute atomic E-state index is 13.8. The molecule has 1 amide bonds. The van der Waals surface area contributed by atoms with E-state index < -0.39 is 17.7 Å². The number of carbonyl (C=O) groups is 2. The van der Waals surface area contributed by atoms with Crippen molar-refractivity contribution in [3.63, 3.8) is 0 Å². The number of nitrogens with two attached hydrogens (primary N) is 1. The van der Waals surface area contributed by atoms with E-state index in [1.165, 1.54) is 12.1 Å². The van der Waals surface area contributed by atoms with Crippen molar-refractivity contribution in [2.75, 3.05) is 13.1 Å². The molecule has 104 valence electrons. The number of carboxylic acid groups (broad SMARTS) is 1. The van der Waals surface area contributed by atoms with Crippen molar-refractivity contribution in [3.8, 4) is 0 Å². The number of carboxylic acids is 1. The van der Waals surface area contributed by atoms with E-state index in [0.717, 1.165) is 12.5 Å². The third kappa shape index (κ3) is 4.67. The minimum Gasteiger partial charge on any atom is -0.480 e. The van der Waals surface area contributed by atoms with Gasteiger partial charge in [-0.25, -0.2) is 4.39 Å². The lowest BCUT2D eigenvalue weighted by molar-refractivity contribution is -0.138. The van der Waals surface area contributed by atoms with Gasteiger partial charge >= 0.3 is 5.97 Å². The Morgan fingerprint density at radius 1 is 1.42 bits per heavy atom. The molecule has 1 aromatic carbocycles. The Labute approximate surface area is 110 Å². The molecule has 0 saturated carbocycles. The lowest BCUT2D eigenvalue weighted by Gasteiger charge is -2.19. The Morgan fingerprint density at radius 2 is 2.11 bits per heavy atom. The molecule has 0 unspecified atom stereocenters. The van der Waals surface area contributed by atoms with Crippen LogP contribution in [0.5, 0.6) is 0 Å². The average molecular weight is 268 g/mol. The van der Waals surface area contributed by atoms with Gasteiger partial charge in [-0.15, -0.1) is 0 Å². The van der Waals surface area contributed by atoms with E-state index in [1.807, 2.05) is 6.92 Å². The van der Waals surface area contributed by atoms with Crippen LogP contribution in [0.2, 0.25) is 0 Å². The highest BCUT2D eigenvalue weighted by atomic mass is 19.1. The number of halogens is 1. The van der Waals surface area contributed by atoms with Crippen LogP contribution in [-0.2, 0) is 11.3 Å². The van der Waals surface area contributed by atoms with Crippen LogP contribution in [0.4, 0.5) is 4.39 Å². The predicted molar refractivity (Wildman–Crippen MR) is 68.1 cm³/mol. The summed E-state index contributed by atoms with van der Waals surface area (Å²) in [4.78, 5) is 23.2. The van der Waals surface area contributed by atoms with Gasteiger partial charge in [0.05, 0.1) is 6.54 Å². The van der Waals surface area contributed by atoms with Crippen LogP contribution in [0, 0.1) is 5.82 Å². The van der Waals surface area contributed by atoms with Crippen molar-refractivity contribution in [1.82, 2.24) is 4.90 Å². The van der Waals surface area contributed by atoms with Gasteiger partial charge in [0.25, 0.3) is 0 Å². The second-order valence-corrected chi connectivity index (χ2v) is 4.27. The lowest BCUT2D eigenvalue weighted by Crippen LogP contribution is -2.30. The van der Waals surface area contributed by atoms with E-state index in [1.54, 1.807) is 4.90 Å². The number of hydrogen-bond donors (Lipinski definition) is 2. The van der Waals surface area contributed by atoms with Crippen molar-refractivity contribution >= 4 is 11.9 Å². The predicted octanol–water partition coefficient (Wildman–Crippen LogP) is 1.22. The van der Waals surface area contributed by atoms with Crippen LogP contribution in [0.1, 0.15) is 29.3 Å². The Kier molecular flexibility index (Phi) is 5.44. The van der Waals surface area contributed by atoms with Crippen LogP contribution >= 0.6 is 0 Å². The van der Waals surface area contributed by atoms with E-state index in [2.05, 4.69) is 0 Å². The first-order chi connectivity index (χ1) is 8.93. The smallest absolute Gasteiger partial charge is 0.317 e. The van der Waals surface area contributed by atoms with E-state index >= 15 is 0 Å². The zero-order valence-electron chi connectivity index (χ0n) is 10.7. The third-order valence-corrected chi connectivity index (χ3v) is 2.63. The van der Waals surface area contributed by atoms with Gasteiger partial charge in [0.2, 0.25) is 5.91 Å². The van der Waals surface area contributed by atoms with Gasteiger partial charge in [-0.2, -0.15) is 0 Å². The number of aliphatic carboxylic acids is 1. The lowest BCUT2D eigenvalue weighted by atomic mass is 10.1. The van der Waals surface area contributed by atoms with Crippen molar-refractivity contribution in [2.45, 2.75) is 19.9 Å². The number of benzene rings is 1. The molecular weight excluding hydrogens is 251 g/mol. The fourth-order valence-electron chi connectivity index (χ4n) is 1.79. The second-order valence-electron chi connectivity index (χ2n) is 4.27. The number of hydrogen-bond acceptors (Lipinski definition) is 3. The summed E-state index contributed by atoms with van der Waals surface area (Å²) in [6, 6.07) is 3.97. The summed E-state index contributed by atoms with van der Waals surface area (Å²) >= 11 is 0. The van der Waals surface area contributed by atoms with Crippen LogP contribution in [0.3, 0.4) is 0 Å². The topological polar surface area (TPSA) is 83.6 Å². The van der Waals surface area contributed by atoms with Gasteiger partial charge < -0.3 is 10.8 Å². The molecule has 6 heteroatoms. The molecule has 0 bridgehead atoms. The first-order valence-electron chi connectivity index (χ1n) is 5.96. The monoisotopic (exact) mass is 268 g/mol. The van der Waals surface area contributed by atoms with E-state index in [-0.39, 0.29) is 18.7 Å². The van der Waals surface area contributed by atoms with Gasteiger partial charge in [-0.3, -0.25) is 14.5 Å². The van der Waals surface area contributed by atoms with E-state index in [9.17, 15) is 14.0 Å². The largest absolute Gasteiger partial charge is 0.480 e. The van der Waals surface area contributed by atoms with Crippen LogP contribution < -0.4 is 5.73 Å². The molecule has 0 heterocycles. The summed E-state index contributed by atoms with van der Waals surface area (Å²) in [7, 11) is 0. The molecule has 0 fully saturated rings. The third-order valence-electron chi connectivity index (χ3n) is 2.63. The normalized spacial score (nSPS) is 10.7. The SMILES string of the molecule is CCCN(CC(=O)O)Cc1ccc(C(N)=O)cc1F. The molecule has 0 spiro atoms. The van der Waals surface area contributed by atoms with Crippen molar-refractivity contribution in [1.29, 1.82) is 0 Å². The van der Waals surface area contributed by atoms with Crippen molar-refractivity contribution in [2.24, 2.45) is 5.73 Å². The standard InChI is InChI=1S/C13H17FN2O3/c1-2-5-16(8-12(17)18)7-10-4-3-9(13(15)19)6-11(10)14/h3-4,6H,2,5,7-8H2,1H3,(H2,15,19)(H,17,18). The van der Waals surface area contributed by atoms with Crippen molar-refractivity contribution in [3.05, 3.63) is 35.1 Å². The quantitative estimate of drug-likeness (QED) is 0.778. The van der Waals surface area contributed by atoms with E-state index in [4.69, 9.17) is 10.8 Å². The maximum atomic E-state index is 13.8. The number of primary amides is 1. The summed E-state index contributed by atoms with van der Waals surface area (Å²) in [6.07, 6.45) is 0.772. The Bertz CT molecular complexity index is 477. The van der Waals surface area contributed by atoms with E-state index in [0.29, 0.717) is 12.1 Å². The molecule has 1 aromatic rings. The second kappa shape index (κ2) is 6.84. The first kappa shape index (κ1) is 15.1. The molecule has 0 aliphatic heterocycles. The Hall–Kier alpha value is -1.95. The van der Waals surface area contributed by atoms with Crippen LogP contribution in [-0.4, -0.2) is 35.0 Å². The summed E-state index contributed by atoms with van der Waals surface area (Å²) in [5, 5.41) is 8.78. The number of nitrogens with zero attached hydrogens (tertiary/aromatic N) is 1. The zero-order valence-corrected chi connectivity index (χ0v) is 10.7. The van der Waals surface area contributed by atoms with Gasteiger partial charge in [0.15, 0.2) is 0 Å². The molecule has 0 radical (unpaired) electrons. The minimum absolute atomic E-state index is 0.0986. The molecule has 0 saturated heterocycles. The summed E-state index contributed by atoms with van der Waals surface area (Å²) in [6.45, 7) is 2.51. The average Bonchev–Trinajstić information content (AvgIpc) is 2.31. The fraction of sp³-hybridized carbons (Fsp3) is 0.385. The highest BCUT2D eigenvalue weighted by Gasteiger charge is 2.13. The number of amides is 1. The molecule has 3 N–H and O–H groups in total. The van der Waals surface area contributed by atoms with Gasteiger partial charge in [-0.1, -0.05) is 13.0 Å².